The monoisotopic (exact) mass is 217 g/mol. The van der Waals surface area contributed by atoms with Crippen LogP contribution >= 0.6 is 0 Å². The van der Waals surface area contributed by atoms with Crippen LogP contribution in [0.3, 0.4) is 0 Å². The molecule has 4 heteroatoms. The van der Waals surface area contributed by atoms with E-state index in [9.17, 15) is 0 Å². The van der Waals surface area contributed by atoms with Gasteiger partial charge in [-0.2, -0.15) is 0 Å². The van der Waals surface area contributed by atoms with Crippen molar-refractivity contribution in [2.24, 2.45) is 5.73 Å². The third kappa shape index (κ3) is 2.84. The molecule has 1 aromatic heterocycles. The van der Waals surface area contributed by atoms with Crippen LogP contribution in [0.25, 0.3) is 0 Å². The number of rotatable bonds is 5. The van der Waals surface area contributed by atoms with Crippen LogP contribution in [0.5, 0.6) is 5.75 Å². The van der Waals surface area contributed by atoms with Crippen molar-refractivity contribution in [3.63, 3.8) is 0 Å². The SMILES string of the molecule is NCc1ccc(OCCn2ccnc2)cc1. The summed E-state index contributed by atoms with van der Waals surface area (Å²) in [4.78, 5) is 3.96. The Kier molecular flexibility index (Phi) is 3.56. The standard InChI is InChI=1S/C12H15N3O/c13-9-11-1-3-12(4-2-11)16-8-7-15-6-5-14-10-15/h1-6,10H,7-9,13H2. The molecule has 4 nitrogen and oxygen atoms in total. The number of hydrogen-bond acceptors (Lipinski definition) is 3. The van der Waals surface area contributed by atoms with E-state index >= 15 is 0 Å². The van der Waals surface area contributed by atoms with E-state index in [-0.39, 0.29) is 0 Å². The van der Waals surface area contributed by atoms with Crippen LogP contribution < -0.4 is 10.5 Å². The molecular weight excluding hydrogens is 202 g/mol. The predicted molar refractivity (Wildman–Crippen MR) is 62.1 cm³/mol. The molecule has 1 aromatic carbocycles. The smallest absolute Gasteiger partial charge is 0.119 e. The van der Waals surface area contributed by atoms with Gasteiger partial charge in [-0.05, 0) is 17.7 Å². The van der Waals surface area contributed by atoms with E-state index in [2.05, 4.69) is 4.98 Å². The van der Waals surface area contributed by atoms with E-state index in [4.69, 9.17) is 10.5 Å². The predicted octanol–water partition coefficient (Wildman–Crippen LogP) is 1.42. The molecule has 0 aliphatic carbocycles. The molecule has 2 rings (SSSR count). The minimum absolute atomic E-state index is 0.565. The maximum absolute atomic E-state index is 5.59. The number of hydrogen-bond donors (Lipinski definition) is 1. The first-order valence-electron chi connectivity index (χ1n) is 5.26. The molecule has 0 aliphatic rings. The fourth-order valence-electron chi connectivity index (χ4n) is 1.41. The Labute approximate surface area is 94.7 Å². The summed E-state index contributed by atoms with van der Waals surface area (Å²) < 4.78 is 7.57. The van der Waals surface area contributed by atoms with Crippen LogP contribution in [-0.2, 0) is 13.1 Å². The van der Waals surface area contributed by atoms with Gasteiger partial charge in [-0.15, -0.1) is 0 Å². The highest BCUT2D eigenvalue weighted by molar-refractivity contribution is 5.26. The maximum atomic E-state index is 5.59. The largest absolute Gasteiger partial charge is 0.492 e. The van der Waals surface area contributed by atoms with Crippen molar-refractivity contribution in [3.05, 3.63) is 48.5 Å². The van der Waals surface area contributed by atoms with Gasteiger partial charge in [0, 0.05) is 18.9 Å². The molecule has 0 fully saturated rings. The maximum Gasteiger partial charge on any atom is 0.119 e. The van der Waals surface area contributed by atoms with Gasteiger partial charge in [0.1, 0.15) is 12.4 Å². The van der Waals surface area contributed by atoms with Crippen LogP contribution in [0.4, 0.5) is 0 Å². The lowest BCUT2D eigenvalue weighted by molar-refractivity contribution is 0.298. The number of ether oxygens (including phenoxy) is 1. The average molecular weight is 217 g/mol. The van der Waals surface area contributed by atoms with E-state index in [0.717, 1.165) is 17.9 Å². The normalized spacial score (nSPS) is 10.3. The van der Waals surface area contributed by atoms with Crippen LogP contribution in [0, 0.1) is 0 Å². The summed E-state index contributed by atoms with van der Waals surface area (Å²) in [5, 5.41) is 0. The molecule has 0 saturated carbocycles. The molecule has 16 heavy (non-hydrogen) atoms. The number of nitrogens with two attached hydrogens (primary N) is 1. The second kappa shape index (κ2) is 5.32. The Morgan fingerprint density at radius 1 is 1.25 bits per heavy atom. The van der Waals surface area contributed by atoms with E-state index in [1.165, 1.54) is 0 Å². The van der Waals surface area contributed by atoms with Gasteiger partial charge in [-0.25, -0.2) is 4.98 Å². The highest BCUT2D eigenvalue weighted by Gasteiger charge is 1.95. The van der Waals surface area contributed by atoms with Crippen molar-refractivity contribution in [3.8, 4) is 5.75 Å². The molecule has 0 unspecified atom stereocenters. The second-order valence-electron chi connectivity index (χ2n) is 3.50. The average Bonchev–Trinajstić information content (AvgIpc) is 2.83. The number of imidazole rings is 1. The van der Waals surface area contributed by atoms with Crippen molar-refractivity contribution in [2.45, 2.75) is 13.1 Å². The van der Waals surface area contributed by atoms with E-state index < -0.39 is 0 Å². The van der Waals surface area contributed by atoms with Crippen molar-refractivity contribution in [1.29, 1.82) is 0 Å². The molecule has 0 bridgehead atoms. The molecule has 0 atom stereocenters. The van der Waals surface area contributed by atoms with Crippen LogP contribution in [0.2, 0.25) is 0 Å². The van der Waals surface area contributed by atoms with Gasteiger partial charge in [0.15, 0.2) is 0 Å². The molecular formula is C12H15N3O. The fourth-order valence-corrected chi connectivity index (χ4v) is 1.41. The molecule has 0 aliphatic heterocycles. The van der Waals surface area contributed by atoms with Crippen LogP contribution in [0.1, 0.15) is 5.56 Å². The van der Waals surface area contributed by atoms with Gasteiger partial charge in [-0.1, -0.05) is 12.1 Å². The van der Waals surface area contributed by atoms with Crippen molar-refractivity contribution in [2.75, 3.05) is 6.61 Å². The van der Waals surface area contributed by atoms with Gasteiger partial charge in [0.2, 0.25) is 0 Å². The summed E-state index contributed by atoms with van der Waals surface area (Å²) in [6.45, 7) is 2.01. The van der Waals surface area contributed by atoms with Gasteiger partial charge in [0.25, 0.3) is 0 Å². The number of nitrogens with zero attached hydrogens (tertiary/aromatic N) is 2. The minimum Gasteiger partial charge on any atom is -0.492 e. The number of benzene rings is 1. The Bertz CT molecular complexity index is 408. The number of aromatic nitrogens is 2. The first kappa shape index (κ1) is 10.7. The summed E-state index contributed by atoms with van der Waals surface area (Å²) >= 11 is 0. The lowest BCUT2D eigenvalue weighted by atomic mass is 10.2. The third-order valence-electron chi connectivity index (χ3n) is 2.34. The quantitative estimate of drug-likeness (QED) is 0.824. The molecule has 0 spiro atoms. The summed E-state index contributed by atoms with van der Waals surface area (Å²) in [5.74, 6) is 0.873. The van der Waals surface area contributed by atoms with E-state index in [1.807, 2.05) is 35.0 Å². The molecule has 0 radical (unpaired) electrons. The zero-order valence-corrected chi connectivity index (χ0v) is 9.04. The first-order valence-corrected chi connectivity index (χ1v) is 5.26. The summed E-state index contributed by atoms with van der Waals surface area (Å²) in [6, 6.07) is 7.84. The highest BCUT2D eigenvalue weighted by Crippen LogP contribution is 2.11. The molecule has 1 heterocycles. The Morgan fingerprint density at radius 2 is 2.06 bits per heavy atom. The molecule has 0 saturated heterocycles. The summed E-state index contributed by atoms with van der Waals surface area (Å²) in [7, 11) is 0. The molecule has 2 aromatic rings. The van der Waals surface area contributed by atoms with Crippen LogP contribution in [-0.4, -0.2) is 16.2 Å². The minimum atomic E-state index is 0.565. The zero-order valence-electron chi connectivity index (χ0n) is 9.04. The summed E-state index contributed by atoms with van der Waals surface area (Å²) in [6.07, 6.45) is 5.46. The fraction of sp³-hybridized carbons (Fsp3) is 0.250. The lowest BCUT2D eigenvalue weighted by Gasteiger charge is -2.07. The second-order valence-corrected chi connectivity index (χ2v) is 3.50. The zero-order chi connectivity index (χ0) is 11.2. The Hall–Kier alpha value is -1.81. The molecule has 84 valence electrons. The van der Waals surface area contributed by atoms with Crippen LogP contribution in [0.15, 0.2) is 43.0 Å². The topological polar surface area (TPSA) is 53.1 Å². The van der Waals surface area contributed by atoms with E-state index in [0.29, 0.717) is 13.2 Å². The molecule has 0 amide bonds. The van der Waals surface area contributed by atoms with E-state index in [1.54, 1.807) is 12.5 Å². The Morgan fingerprint density at radius 3 is 2.69 bits per heavy atom. The third-order valence-corrected chi connectivity index (χ3v) is 2.34. The van der Waals surface area contributed by atoms with Gasteiger partial charge in [-0.3, -0.25) is 0 Å². The van der Waals surface area contributed by atoms with Crippen molar-refractivity contribution in [1.82, 2.24) is 9.55 Å². The van der Waals surface area contributed by atoms with Gasteiger partial charge >= 0.3 is 0 Å². The summed E-state index contributed by atoms with van der Waals surface area (Å²) in [5.41, 5.74) is 6.63. The lowest BCUT2D eigenvalue weighted by Crippen LogP contribution is -2.06. The molecule has 2 N–H and O–H groups in total. The van der Waals surface area contributed by atoms with Crippen molar-refractivity contribution >= 4 is 0 Å². The van der Waals surface area contributed by atoms with Gasteiger partial charge < -0.3 is 15.0 Å². The Balaban J connectivity index is 1.81. The first-order chi connectivity index (χ1) is 7.88. The highest BCUT2D eigenvalue weighted by atomic mass is 16.5. The van der Waals surface area contributed by atoms with Crippen molar-refractivity contribution < 1.29 is 4.74 Å². The van der Waals surface area contributed by atoms with Gasteiger partial charge in [0.05, 0.1) is 12.9 Å².